The van der Waals surface area contributed by atoms with Gasteiger partial charge in [0.15, 0.2) is 0 Å². The summed E-state index contributed by atoms with van der Waals surface area (Å²) >= 11 is 3.18. The first-order chi connectivity index (χ1) is 11.5. The van der Waals surface area contributed by atoms with Crippen molar-refractivity contribution >= 4 is 38.4 Å². The van der Waals surface area contributed by atoms with E-state index in [4.69, 9.17) is 4.74 Å². The van der Waals surface area contributed by atoms with Crippen molar-refractivity contribution in [2.45, 2.75) is 0 Å². The van der Waals surface area contributed by atoms with Crippen LogP contribution in [0.5, 0.6) is 0 Å². The van der Waals surface area contributed by atoms with E-state index in [0.717, 1.165) is 10.8 Å². The number of carbonyl (C=O) groups excluding carboxylic acids is 1. The molecule has 1 heterocycles. The summed E-state index contributed by atoms with van der Waals surface area (Å²) in [5.74, 6) is -0.574. The number of methoxy groups -OCH3 is 1. The minimum absolute atomic E-state index is 0.120. The molecule has 0 N–H and O–H groups in total. The molecule has 7 heteroatoms. The number of nitrogens with zero attached hydrogens (tertiary/aromatic N) is 2. The highest BCUT2D eigenvalue weighted by molar-refractivity contribution is 9.10. The minimum Gasteiger partial charge on any atom is -0.465 e. The second-order valence-electron chi connectivity index (χ2n) is 5.01. The van der Waals surface area contributed by atoms with Crippen LogP contribution in [0.2, 0.25) is 0 Å². The highest BCUT2D eigenvalue weighted by Gasteiger charge is 2.23. The van der Waals surface area contributed by atoms with Gasteiger partial charge in [-0.2, -0.15) is 0 Å². The monoisotopic (exact) mass is 386 g/mol. The predicted octanol–water partition coefficient (Wildman–Crippen LogP) is 4.36. The van der Waals surface area contributed by atoms with Gasteiger partial charge in [-0.3, -0.25) is 10.1 Å². The van der Waals surface area contributed by atoms with Gasteiger partial charge in [-0.15, -0.1) is 0 Å². The first kappa shape index (κ1) is 16.1. The summed E-state index contributed by atoms with van der Waals surface area (Å²) in [6, 6.07) is 12.2. The molecule has 3 aromatic rings. The Morgan fingerprint density at radius 3 is 2.50 bits per heavy atom. The Labute approximate surface area is 145 Å². The largest absolute Gasteiger partial charge is 0.465 e. The number of fused-ring (bicyclic) bond motifs is 1. The maximum atomic E-state index is 12.2. The summed E-state index contributed by atoms with van der Waals surface area (Å²) < 4.78 is 5.31. The maximum Gasteiger partial charge on any atom is 0.338 e. The third-order valence-corrected chi connectivity index (χ3v) is 4.01. The number of nitro groups is 1. The molecule has 3 rings (SSSR count). The van der Waals surface area contributed by atoms with Crippen LogP contribution in [0.4, 0.5) is 5.69 Å². The number of hydrogen-bond acceptors (Lipinski definition) is 5. The van der Waals surface area contributed by atoms with Gasteiger partial charge in [0.25, 0.3) is 5.69 Å². The first-order valence-corrected chi connectivity index (χ1v) is 7.72. The van der Waals surface area contributed by atoms with Crippen molar-refractivity contribution in [2.75, 3.05) is 7.11 Å². The van der Waals surface area contributed by atoms with Gasteiger partial charge in [0.2, 0.25) is 0 Å². The molecule has 1 aromatic heterocycles. The van der Waals surface area contributed by atoms with Gasteiger partial charge in [-0.05, 0) is 38.8 Å². The Morgan fingerprint density at radius 2 is 1.88 bits per heavy atom. The van der Waals surface area contributed by atoms with Crippen LogP contribution in [0.15, 0.2) is 53.1 Å². The number of rotatable bonds is 3. The van der Waals surface area contributed by atoms with Crippen molar-refractivity contribution < 1.29 is 14.5 Å². The third-order valence-electron chi connectivity index (χ3n) is 3.58. The molecule has 0 fully saturated rings. The Balaban J connectivity index is 2.36. The lowest BCUT2D eigenvalue weighted by Gasteiger charge is -2.10. The normalized spacial score (nSPS) is 10.6. The Hall–Kier alpha value is -2.80. The molecule has 0 amide bonds. The molecule has 2 aromatic carbocycles. The van der Waals surface area contributed by atoms with Gasteiger partial charge in [0.05, 0.1) is 17.6 Å². The van der Waals surface area contributed by atoms with Crippen molar-refractivity contribution in [3.05, 3.63) is 68.8 Å². The number of carbonyl (C=O) groups is 1. The van der Waals surface area contributed by atoms with E-state index >= 15 is 0 Å². The quantitative estimate of drug-likeness (QED) is 0.379. The van der Waals surface area contributed by atoms with Crippen molar-refractivity contribution in [1.82, 2.24) is 4.98 Å². The molecule has 24 heavy (non-hydrogen) atoms. The smallest absolute Gasteiger partial charge is 0.338 e. The van der Waals surface area contributed by atoms with Gasteiger partial charge >= 0.3 is 5.97 Å². The molecule has 6 nitrogen and oxygen atoms in total. The Kier molecular flexibility index (Phi) is 4.26. The van der Waals surface area contributed by atoms with Gasteiger partial charge in [0.1, 0.15) is 5.69 Å². The van der Waals surface area contributed by atoms with E-state index in [-0.39, 0.29) is 16.9 Å². The summed E-state index contributed by atoms with van der Waals surface area (Å²) in [5.41, 5.74) is 0.521. The fourth-order valence-electron chi connectivity index (χ4n) is 2.49. The number of halogens is 1. The van der Waals surface area contributed by atoms with E-state index in [1.807, 2.05) is 24.3 Å². The lowest BCUT2D eigenvalue weighted by molar-refractivity contribution is -0.384. The number of hydrogen-bond donors (Lipinski definition) is 0. The van der Waals surface area contributed by atoms with Gasteiger partial charge in [0, 0.05) is 22.3 Å². The van der Waals surface area contributed by atoms with E-state index in [0.29, 0.717) is 10.0 Å². The molecular weight excluding hydrogens is 376 g/mol. The standard InChI is InChI=1S/C17H11BrN2O4/c1-24-17(21)14-7-11-5-3-2-4-10(11)6-13(14)16-15(20(22)23)8-12(18)9-19-16/h2-9H,1H3. The molecule has 0 unspecified atom stereocenters. The molecule has 0 aliphatic heterocycles. The number of pyridine rings is 1. The van der Waals surface area contributed by atoms with Crippen molar-refractivity contribution in [2.24, 2.45) is 0 Å². The molecule has 0 saturated heterocycles. The van der Waals surface area contributed by atoms with Crippen molar-refractivity contribution in [3.63, 3.8) is 0 Å². The topological polar surface area (TPSA) is 82.3 Å². The highest BCUT2D eigenvalue weighted by Crippen LogP contribution is 2.35. The van der Waals surface area contributed by atoms with Gasteiger partial charge in [-0.25, -0.2) is 9.78 Å². The SMILES string of the molecule is COC(=O)c1cc2ccccc2cc1-c1ncc(Br)cc1[N+](=O)[O-]. The molecule has 0 aliphatic carbocycles. The van der Waals surface area contributed by atoms with Crippen LogP contribution in [0.3, 0.4) is 0 Å². The fourth-order valence-corrected chi connectivity index (χ4v) is 2.81. The fraction of sp³-hybridized carbons (Fsp3) is 0.0588. The number of esters is 1. The molecule has 0 radical (unpaired) electrons. The molecule has 0 bridgehead atoms. The molecule has 0 saturated carbocycles. The summed E-state index contributed by atoms with van der Waals surface area (Å²) in [5, 5.41) is 13.1. The third kappa shape index (κ3) is 2.85. The van der Waals surface area contributed by atoms with Crippen LogP contribution >= 0.6 is 15.9 Å². The Morgan fingerprint density at radius 1 is 1.21 bits per heavy atom. The van der Waals surface area contributed by atoms with E-state index in [1.165, 1.54) is 19.4 Å². The molecular formula is C17H11BrN2O4. The first-order valence-electron chi connectivity index (χ1n) is 6.92. The number of aromatic nitrogens is 1. The minimum atomic E-state index is -0.574. The van der Waals surface area contributed by atoms with E-state index in [2.05, 4.69) is 20.9 Å². The maximum absolute atomic E-state index is 12.2. The van der Waals surface area contributed by atoms with E-state index in [1.54, 1.807) is 12.1 Å². The number of benzene rings is 2. The van der Waals surface area contributed by atoms with Crippen molar-refractivity contribution in [1.29, 1.82) is 0 Å². The zero-order valence-corrected chi connectivity index (χ0v) is 14.1. The van der Waals surface area contributed by atoms with Crippen LogP contribution in [0.1, 0.15) is 10.4 Å². The molecule has 0 aliphatic rings. The lowest BCUT2D eigenvalue weighted by Crippen LogP contribution is -2.05. The second-order valence-corrected chi connectivity index (χ2v) is 5.93. The van der Waals surface area contributed by atoms with Gasteiger partial charge < -0.3 is 4.74 Å². The Bertz CT molecular complexity index is 972. The van der Waals surface area contributed by atoms with Crippen LogP contribution < -0.4 is 0 Å². The second kappa shape index (κ2) is 6.37. The van der Waals surface area contributed by atoms with Crippen LogP contribution in [-0.2, 0) is 4.74 Å². The zero-order chi connectivity index (χ0) is 17.3. The van der Waals surface area contributed by atoms with Crippen LogP contribution in [0.25, 0.3) is 22.0 Å². The summed E-state index contributed by atoms with van der Waals surface area (Å²) in [4.78, 5) is 27.2. The number of ether oxygens (including phenoxy) is 1. The van der Waals surface area contributed by atoms with E-state index in [9.17, 15) is 14.9 Å². The molecule has 120 valence electrons. The van der Waals surface area contributed by atoms with Crippen LogP contribution in [-0.4, -0.2) is 23.0 Å². The predicted molar refractivity (Wildman–Crippen MR) is 92.9 cm³/mol. The zero-order valence-electron chi connectivity index (χ0n) is 12.5. The summed E-state index contributed by atoms with van der Waals surface area (Å²) in [6.45, 7) is 0. The summed E-state index contributed by atoms with van der Waals surface area (Å²) in [6.07, 6.45) is 1.46. The highest BCUT2D eigenvalue weighted by atomic mass is 79.9. The molecule has 0 atom stereocenters. The average molecular weight is 387 g/mol. The average Bonchev–Trinajstić information content (AvgIpc) is 2.59. The lowest BCUT2D eigenvalue weighted by atomic mass is 9.97. The van der Waals surface area contributed by atoms with E-state index < -0.39 is 10.9 Å². The van der Waals surface area contributed by atoms with Crippen LogP contribution in [0, 0.1) is 10.1 Å². The molecule has 0 spiro atoms. The summed E-state index contributed by atoms with van der Waals surface area (Å²) in [7, 11) is 1.27. The van der Waals surface area contributed by atoms with Crippen molar-refractivity contribution in [3.8, 4) is 11.3 Å². The van der Waals surface area contributed by atoms with Gasteiger partial charge in [-0.1, -0.05) is 24.3 Å².